The van der Waals surface area contributed by atoms with Crippen molar-refractivity contribution in [3.8, 4) is 11.4 Å². The number of imidazole rings is 1. The van der Waals surface area contributed by atoms with E-state index in [2.05, 4.69) is 20.9 Å². The summed E-state index contributed by atoms with van der Waals surface area (Å²) < 4.78 is 22.9. The number of hydrogen-bond acceptors (Lipinski definition) is 2. The van der Waals surface area contributed by atoms with Gasteiger partial charge in [0.1, 0.15) is 11.6 Å². The predicted molar refractivity (Wildman–Crippen MR) is 95.4 cm³/mol. The lowest BCUT2D eigenvalue weighted by Gasteiger charge is -2.09. The minimum atomic E-state index is -0.269. The first kappa shape index (κ1) is 15.0. The molecule has 0 radical (unpaired) electrons. The number of aromatic nitrogens is 2. The van der Waals surface area contributed by atoms with Crippen LogP contribution >= 0.6 is 50.7 Å². The molecule has 0 bridgehead atoms. The van der Waals surface area contributed by atoms with Crippen LogP contribution in [-0.4, -0.2) is 16.7 Å². The van der Waals surface area contributed by atoms with Crippen LogP contribution < -0.4 is 4.74 Å². The lowest BCUT2D eigenvalue weighted by molar-refractivity contribution is 0.412. The molecular weight excluding hydrogens is 470 g/mol. The molecular formula is C14H9BrFIN2OS. The van der Waals surface area contributed by atoms with Gasteiger partial charge in [0.15, 0.2) is 4.77 Å². The Labute approximate surface area is 147 Å². The summed E-state index contributed by atoms with van der Waals surface area (Å²) in [6.07, 6.45) is 0. The lowest BCUT2D eigenvalue weighted by atomic mass is 10.2. The molecule has 0 amide bonds. The van der Waals surface area contributed by atoms with Gasteiger partial charge in [-0.05, 0) is 68.9 Å². The van der Waals surface area contributed by atoms with Gasteiger partial charge in [-0.25, -0.2) is 4.39 Å². The summed E-state index contributed by atoms with van der Waals surface area (Å²) in [6.45, 7) is 0. The Morgan fingerprint density at radius 1 is 1.33 bits per heavy atom. The minimum Gasteiger partial charge on any atom is -0.495 e. The fourth-order valence-electron chi connectivity index (χ4n) is 2.15. The number of rotatable bonds is 2. The third kappa shape index (κ3) is 2.62. The highest BCUT2D eigenvalue weighted by Crippen LogP contribution is 2.30. The number of fused-ring (bicyclic) bond motifs is 1. The normalized spacial score (nSPS) is 11.0. The highest BCUT2D eigenvalue weighted by atomic mass is 127. The number of H-pyrrole nitrogens is 1. The molecule has 1 N–H and O–H groups in total. The van der Waals surface area contributed by atoms with E-state index in [4.69, 9.17) is 17.0 Å². The van der Waals surface area contributed by atoms with Crippen LogP contribution in [0, 0.1) is 14.2 Å². The maximum absolute atomic E-state index is 13.9. The van der Waals surface area contributed by atoms with Gasteiger partial charge in [-0.2, -0.15) is 0 Å². The molecule has 3 aromatic rings. The molecule has 0 aliphatic rings. The highest BCUT2D eigenvalue weighted by Gasteiger charge is 2.11. The van der Waals surface area contributed by atoms with E-state index >= 15 is 0 Å². The second-order valence-corrected chi connectivity index (χ2v) is 6.77. The number of nitrogens with zero attached hydrogens (tertiary/aromatic N) is 1. The van der Waals surface area contributed by atoms with E-state index in [9.17, 15) is 4.39 Å². The second kappa shape index (κ2) is 5.69. The average Bonchev–Trinajstić information content (AvgIpc) is 2.75. The van der Waals surface area contributed by atoms with Gasteiger partial charge in [0.2, 0.25) is 0 Å². The molecule has 3 nitrogen and oxygen atoms in total. The Morgan fingerprint density at radius 2 is 2.10 bits per heavy atom. The van der Waals surface area contributed by atoms with Gasteiger partial charge in [-0.1, -0.05) is 0 Å². The molecule has 0 saturated carbocycles. The number of hydrogen-bond donors (Lipinski definition) is 1. The van der Waals surface area contributed by atoms with E-state index in [-0.39, 0.29) is 5.82 Å². The van der Waals surface area contributed by atoms with Crippen molar-refractivity contribution in [1.82, 2.24) is 9.55 Å². The van der Waals surface area contributed by atoms with Crippen molar-refractivity contribution < 1.29 is 9.13 Å². The molecule has 0 aliphatic carbocycles. The molecule has 1 heterocycles. The lowest BCUT2D eigenvalue weighted by Crippen LogP contribution is -1.96. The molecule has 0 unspecified atom stereocenters. The summed E-state index contributed by atoms with van der Waals surface area (Å²) in [4.78, 5) is 3.10. The van der Waals surface area contributed by atoms with E-state index in [1.165, 1.54) is 6.07 Å². The molecule has 0 aliphatic heterocycles. The Hall–Kier alpha value is -0.930. The van der Waals surface area contributed by atoms with E-state index < -0.39 is 0 Å². The van der Waals surface area contributed by atoms with Crippen LogP contribution in [0.5, 0.6) is 5.75 Å². The number of nitrogens with one attached hydrogen (secondary N) is 1. The summed E-state index contributed by atoms with van der Waals surface area (Å²) in [5.74, 6) is 0.421. The first-order valence-corrected chi connectivity index (χ1v) is 8.23. The van der Waals surface area contributed by atoms with E-state index in [0.29, 0.717) is 19.6 Å². The smallest absolute Gasteiger partial charge is 0.182 e. The van der Waals surface area contributed by atoms with Crippen LogP contribution in [0.15, 0.2) is 34.8 Å². The maximum atomic E-state index is 13.9. The molecule has 0 spiro atoms. The minimum absolute atomic E-state index is 0.269. The van der Waals surface area contributed by atoms with Gasteiger partial charge in [0, 0.05) is 12.1 Å². The zero-order chi connectivity index (χ0) is 15.1. The molecule has 3 rings (SSSR count). The molecule has 0 saturated heterocycles. The molecule has 21 heavy (non-hydrogen) atoms. The van der Waals surface area contributed by atoms with Gasteiger partial charge in [0.25, 0.3) is 0 Å². The summed E-state index contributed by atoms with van der Waals surface area (Å²) in [5.41, 5.74) is 2.31. The van der Waals surface area contributed by atoms with Crippen LogP contribution in [0.4, 0.5) is 4.39 Å². The zero-order valence-corrected chi connectivity index (χ0v) is 15.3. The first-order chi connectivity index (χ1) is 10.0. The monoisotopic (exact) mass is 478 g/mol. The van der Waals surface area contributed by atoms with Crippen molar-refractivity contribution in [2.45, 2.75) is 0 Å². The van der Waals surface area contributed by atoms with Crippen molar-refractivity contribution in [1.29, 1.82) is 0 Å². The van der Waals surface area contributed by atoms with Gasteiger partial charge >= 0.3 is 0 Å². The number of ether oxygens (including phenoxy) is 1. The standard InChI is InChI=1S/C14H9BrFIN2OS/c1-20-13-4-7(2-3-8(13)15)19-12-5-9(16)10(17)6-11(12)18-14(19)21/h2-6H,1H3,(H,18,21). The van der Waals surface area contributed by atoms with Gasteiger partial charge in [0.05, 0.1) is 31.9 Å². The Bertz CT molecular complexity index is 906. The van der Waals surface area contributed by atoms with Crippen LogP contribution in [-0.2, 0) is 0 Å². The molecule has 2 aromatic carbocycles. The quantitative estimate of drug-likeness (QED) is 0.405. The number of benzene rings is 2. The van der Waals surface area contributed by atoms with Crippen molar-refractivity contribution in [3.05, 3.63) is 49.0 Å². The highest BCUT2D eigenvalue weighted by molar-refractivity contribution is 14.1. The van der Waals surface area contributed by atoms with Crippen molar-refractivity contribution in [3.63, 3.8) is 0 Å². The SMILES string of the molecule is COc1cc(-n2c(=S)[nH]c3cc(I)c(F)cc32)ccc1Br. The zero-order valence-electron chi connectivity index (χ0n) is 10.8. The molecule has 7 heteroatoms. The molecule has 0 atom stereocenters. The summed E-state index contributed by atoms with van der Waals surface area (Å²) in [7, 11) is 1.60. The second-order valence-electron chi connectivity index (χ2n) is 4.37. The maximum Gasteiger partial charge on any atom is 0.182 e. The van der Waals surface area contributed by atoms with E-state index in [1.54, 1.807) is 17.7 Å². The summed E-state index contributed by atoms with van der Waals surface area (Å²) in [5, 5.41) is 0. The Morgan fingerprint density at radius 3 is 2.81 bits per heavy atom. The largest absolute Gasteiger partial charge is 0.495 e. The van der Waals surface area contributed by atoms with Crippen molar-refractivity contribution >= 4 is 61.8 Å². The Kier molecular flexibility index (Phi) is 4.06. The van der Waals surface area contributed by atoms with Crippen LogP contribution in [0.25, 0.3) is 16.7 Å². The molecule has 0 fully saturated rings. The fourth-order valence-corrected chi connectivity index (χ4v) is 3.34. The predicted octanol–water partition coefficient (Wildman–Crippen LogP) is 5.20. The van der Waals surface area contributed by atoms with Crippen LogP contribution in [0.3, 0.4) is 0 Å². The average molecular weight is 479 g/mol. The van der Waals surface area contributed by atoms with Gasteiger partial charge < -0.3 is 9.72 Å². The van der Waals surface area contributed by atoms with E-state index in [1.807, 2.05) is 40.8 Å². The number of halogens is 3. The topological polar surface area (TPSA) is 29.9 Å². The van der Waals surface area contributed by atoms with Crippen molar-refractivity contribution in [2.24, 2.45) is 0 Å². The van der Waals surface area contributed by atoms with Crippen LogP contribution in [0.2, 0.25) is 0 Å². The number of aromatic amines is 1. The third-order valence-electron chi connectivity index (χ3n) is 3.12. The molecule has 1 aromatic heterocycles. The van der Waals surface area contributed by atoms with Crippen LogP contribution in [0.1, 0.15) is 0 Å². The molecule has 108 valence electrons. The Balaban J connectivity index is 2.32. The first-order valence-electron chi connectivity index (χ1n) is 5.95. The number of methoxy groups -OCH3 is 1. The third-order valence-corrected chi connectivity index (χ3v) is 4.88. The summed E-state index contributed by atoms with van der Waals surface area (Å²) in [6, 6.07) is 8.85. The van der Waals surface area contributed by atoms with Gasteiger partial charge in [-0.15, -0.1) is 0 Å². The van der Waals surface area contributed by atoms with Gasteiger partial charge in [-0.3, -0.25) is 4.57 Å². The van der Waals surface area contributed by atoms with E-state index in [0.717, 1.165) is 15.7 Å². The summed E-state index contributed by atoms with van der Waals surface area (Å²) >= 11 is 10.7. The van der Waals surface area contributed by atoms with Crippen molar-refractivity contribution in [2.75, 3.05) is 7.11 Å². The fraction of sp³-hybridized carbons (Fsp3) is 0.0714.